The van der Waals surface area contributed by atoms with Crippen LogP contribution in [0.2, 0.25) is 0 Å². The third kappa shape index (κ3) is 3.32. The summed E-state index contributed by atoms with van der Waals surface area (Å²) in [5.41, 5.74) is 2.97. The lowest BCUT2D eigenvalue weighted by molar-refractivity contribution is 0.414. The first-order valence-corrected chi connectivity index (χ1v) is 10.1. The molecule has 1 aliphatic heterocycles. The van der Waals surface area contributed by atoms with Gasteiger partial charge >= 0.3 is 0 Å². The highest BCUT2D eigenvalue weighted by molar-refractivity contribution is 6.08. The first-order chi connectivity index (χ1) is 15.2. The number of pyridine rings is 1. The molecule has 0 radical (unpaired) electrons. The molecule has 0 spiro atoms. The maximum atomic E-state index is 12.9. The molecule has 1 aliphatic rings. The summed E-state index contributed by atoms with van der Waals surface area (Å²) in [6.07, 6.45) is 0.482. The first-order valence-electron chi connectivity index (χ1n) is 10.1. The predicted octanol–water partition coefficient (Wildman–Crippen LogP) is 4.60. The Kier molecular flexibility index (Phi) is 4.67. The first kappa shape index (κ1) is 18.9. The van der Waals surface area contributed by atoms with Crippen LogP contribution < -0.4 is 15.3 Å². The van der Waals surface area contributed by atoms with E-state index in [1.165, 1.54) is 0 Å². The number of anilines is 1. The molecule has 2 heterocycles. The Morgan fingerprint density at radius 2 is 1.71 bits per heavy atom. The Bertz CT molecular complexity index is 1330. The second-order valence-corrected chi connectivity index (χ2v) is 7.44. The van der Waals surface area contributed by atoms with Crippen LogP contribution in [0.1, 0.15) is 23.6 Å². The van der Waals surface area contributed by atoms with Crippen LogP contribution in [0.25, 0.3) is 10.9 Å². The van der Waals surface area contributed by atoms with Crippen molar-refractivity contribution in [1.29, 1.82) is 0 Å². The van der Waals surface area contributed by atoms with Crippen LogP contribution in [-0.4, -0.2) is 22.9 Å². The predicted molar refractivity (Wildman–Crippen MR) is 122 cm³/mol. The third-order valence-electron chi connectivity index (χ3n) is 5.61. The molecule has 0 saturated heterocycles. The SMILES string of the molecule is COc1ccc(C2CC(c3c(O)c4ccccc4[nH]c3=O)=NN2c2ccccc2)cc1. The van der Waals surface area contributed by atoms with E-state index in [2.05, 4.69) is 4.98 Å². The molecule has 3 aromatic carbocycles. The van der Waals surface area contributed by atoms with Crippen LogP contribution in [-0.2, 0) is 0 Å². The molecule has 0 amide bonds. The van der Waals surface area contributed by atoms with E-state index in [4.69, 9.17) is 9.84 Å². The number of hydrogen-bond donors (Lipinski definition) is 2. The summed E-state index contributed by atoms with van der Waals surface area (Å²) in [5.74, 6) is 0.735. The second-order valence-electron chi connectivity index (χ2n) is 7.44. The Morgan fingerprint density at radius 3 is 2.45 bits per heavy atom. The van der Waals surface area contributed by atoms with Crippen molar-refractivity contribution in [2.75, 3.05) is 12.1 Å². The van der Waals surface area contributed by atoms with Crippen molar-refractivity contribution in [3.8, 4) is 11.5 Å². The fourth-order valence-corrected chi connectivity index (χ4v) is 4.06. The number of ether oxygens (including phenoxy) is 1. The van der Waals surface area contributed by atoms with Crippen molar-refractivity contribution in [3.05, 3.63) is 100 Å². The van der Waals surface area contributed by atoms with Gasteiger partial charge in [0.25, 0.3) is 5.56 Å². The number of para-hydroxylation sites is 2. The Labute approximate surface area is 179 Å². The van der Waals surface area contributed by atoms with Crippen LogP contribution >= 0.6 is 0 Å². The van der Waals surface area contributed by atoms with E-state index >= 15 is 0 Å². The average molecular weight is 411 g/mol. The minimum atomic E-state index is -0.349. The molecule has 5 rings (SSSR count). The monoisotopic (exact) mass is 411 g/mol. The van der Waals surface area contributed by atoms with E-state index in [1.807, 2.05) is 71.7 Å². The number of hydrogen-bond acceptors (Lipinski definition) is 5. The molecule has 31 heavy (non-hydrogen) atoms. The molecule has 1 atom stereocenters. The summed E-state index contributed by atoms with van der Waals surface area (Å²) in [6, 6.07) is 24.7. The molecular formula is C25H21N3O3. The highest BCUT2D eigenvalue weighted by Gasteiger charge is 2.32. The standard InChI is InChI=1S/C25H21N3O3/c1-31-18-13-11-16(12-14-18)22-15-21(27-28(22)17-7-3-2-4-8-17)23-24(29)19-9-5-6-10-20(19)26-25(23)30/h2-14,22H,15H2,1H3,(H2,26,29,30). The number of nitrogens with one attached hydrogen (secondary N) is 1. The van der Waals surface area contributed by atoms with E-state index in [9.17, 15) is 9.90 Å². The van der Waals surface area contributed by atoms with Crippen LogP contribution in [0, 0.1) is 0 Å². The zero-order valence-corrected chi connectivity index (χ0v) is 16.9. The molecular weight excluding hydrogens is 390 g/mol. The lowest BCUT2D eigenvalue weighted by atomic mass is 9.97. The summed E-state index contributed by atoms with van der Waals surface area (Å²) in [4.78, 5) is 15.7. The van der Waals surface area contributed by atoms with Crippen molar-refractivity contribution < 1.29 is 9.84 Å². The van der Waals surface area contributed by atoms with Crippen LogP contribution in [0.3, 0.4) is 0 Å². The summed E-state index contributed by atoms with van der Waals surface area (Å²) < 4.78 is 5.29. The van der Waals surface area contributed by atoms with Gasteiger partial charge < -0.3 is 14.8 Å². The van der Waals surface area contributed by atoms with E-state index in [0.717, 1.165) is 17.0 Å². The maximum absolute atomic E-state index is 12.9. The third-order valence-corrected chi connectivity index (χ3v) is 5.61. The van der Waals surface area contributed by atoms with Gasteiger partial charge in [-0.15, -0.1) is 0 Å². The van der Waals surface area contributed by atoms with Gasteiger partial charge in [0.2, 0.25) is 0 Å². The molecule has 1 unspecified atom stereocenters. The second kappa shape index (κ2) is 7.65. The number of methoxy groups -OCH3 is 1. The minimum absolute atomic E-state index is 0.0403. The van der Waals surface area contributed by atoms with Gasteiger partial charge in [-0.25, -0.2) is 0 Å². The lowest BCUT2D eigenvalue weighted by Crippen LogP contribution is -2.19. The number of aromatic hydroxyl groups is 1. The van der Waals surface area contributed by atoms with Gasteiger partial charge in [0.1, 0.15) is 17.1 Å². The normalized spacial score (nSPS) is 15.8. The van der Waals surface area contributed by atoms with Crippen molar-refractivity contribution in [3.63, 3.8) is 0 Å². The average Bonchev–Trinajstić information content (AvgIpc) is 3.24. The molecule has 0 bridgehead atoms. The Hall–Kier alpha value is -4.06. The minimum Gasteiger partial charge on any atom is -0.506 e. The fourth-order valence-electron chi connectivity index (χ4n) is 4.06. The topological polar surface area (TPSA) is 77.9 Å². The number of benzene rings is 3. The van der Waals surface area contributed by atoms with E-state index in [1.54, 1.807) is 19.2 Å². The maximum Gasteiger partial charge on any atom is 0.261 e. The van der Waals surface area contributed by atoms with Gasteiger partial charge in [-0.2, -0.15) is 5.10 Å². The number of hydrazone groups is 1. The number of H-pyrrole nitrogens is 1. The number of rotatable bonds is 4. The highest BCUT2D eigenvalue weighted by Crippen LogP contribution is 2.38. The van der Waals surface area contributed by atoms with Crippen molar-refractivity contribution in [2.45, 2.75) is 12.5 Å². The highest BCUT2D eigenvalue weighted by atomic mass is 16.5. The van der Waals surface area contributed by atoms with Gasteiger partial charge in [-0.3, -0.25) is 9.80 Å². The number of fused-ring (bicyclic) bond motifs is 1. The molecule has 0 aliphatic carbocycles. The summed E-state index contributed by atoms with van der Waals surface area (Å²) >= 11 is 0. The largest absolute Gasteiger partial charge is 0.506 e. The van der Waals surface area contributed by atoms with Gasteiger partial charge in [-0.1, -0.05) is 42.5 Å². The van der Waals surface area contributed by atoms with Gasteiger partial charge in [0.15, 0.2) is 0 Å². The lowest BCUT2D eigenvalue weighted by Gasteiger charge is -2.24. The van der Waals surface area contributed by atoms with Gasteiger partial charge in [0, 0.05) is 11.8 Å². The zero-order chi connectivity index (χ0) is 21.4. The molecule has 2 N–H and O–H groups in total. The van der Waals surface area contributed by atoms with E-state index in [0.29, 0.717) is 23.0 Å². The Morgan fingerprint density at radius 1 is 1.00 bits per heavy atom. The number of aromatic amines is 1. The van der Waals surface area contributed by atoms with E-state index in [-0.39, 0.29) is 22.9 Å². The van der Waals surface area contributed by atoms with Crippen molar-refractivity contribution in [2.24, 2.45) is 5.10 Å². The number of aromatic nitrogens is 1. The van der Waals surface area contributed by atoms with Crippen molar-refractivity contribution >= 4 is 22.3 Å². The number of nitrogens with zero attached hydrogens (tertiary/aromatic N) is 2. The summed E-state index contributed by atoms with van der Waals surface area (Å²) in [5, 5.41) is 18.2. The van der Waals surface area contributed by atoms with Crippen molar-refractivity contribution in [1.82, 2.24) is 4.98 Å². The summed E-state index contributed by atoms with van der Waals surface area (Å²) in [6.45, 7) is 0. The molecule has 4 aromatic rings. The molecule has 6 nitrogen and oxygen atoms in total. The summed E-state index contributed by atoms with van der Waals surface area (Å²) in [7, 11) is 1.64. The van der Waals surface area contributed by atoms with E-state index < -0.39 is 0 Å². The Balaban J connectivity index is 1.63. The molecule has 154 valence electrons. The zero-order valence-electron chi connectivity index (χ0n) is 16.9. The van der Waals surface area contributed by atoms with Crippen LogP contribution in [0.5, 0.6) is 11.5 Å². The van der Waals surface area contributed by atoms with Gasteiger partial charge in [-0.05, 0) is 42.0 Å². The smallest absolute Gasteiger partial charge is 0.261 e. The molecule has 6 heteroatoms. The quantitative estimate of drug-likeness (QED) is 0.515. The fraction of sp³-hybridized carbons (Fsp3) is 0.120. The van der Waals surface area contributed by atoms with Gasteiger partial charge in [0.05, 0.1) is 30.1 Å². The molecule has 0 saturated carbocycles. The van der Waals surface area contributed by atoms with Crippen LogP contribution in [0.15, 0.2) is 88.8 Å². The molecule has 0 fully saturated rings. The molecule has 1 aromatic heterocycles. The van der Waals surface area contributed by atoms with Crippen LogP contribution in [0.4, 0.5) is 5.69 Å².